The minimum Gasteiger partial charge on any atom is -0.456 e. The molecule has 5 heteroatoms. The highest BCUT2D eigenvalue weighted by molar-refractivity contribution is 5.88. The predicted molar refractivity (Wildman–Crippen MR) is 100 cm³/mol. The highest BCUT2D eigenvalue weighted by Crippen LogP contribution is 2.22. The Morgan fingerprint density at radius 2 is 1.92 bits per heavy atom. The summed E-state index contributed by atoms with van der Waals surface area (Å²) < 4.78 is 5.87. The van der Waals surface area contributed by atoms with E-state index in [1.807, 2.05) is 55.4 Å². The second-order valence-electron chi connectivity index (χ2n) is 5.97. The zero-order chi connectivity index (χ0) is 17.6. The molecule has 0 aliphatic rings. The molecule has 5 nitrogen and oxygen atoms in total. The molecule has 0 atom stereocenters. The van der Waals surface area contributed by atoms with Crippen LogP contribution in [0.2, 0.25) is 0 Å². The van der Waals surface area contributed by atoms with Crippen LogP contribution in [0.4, 0.5) is 0 Å². The molecule has 128 valence electrons. The molecule has 3 rings (SSSR count). The van der Waals surface area contributed by atoms with Crippen LogP contribution in [0.3, 0.4) is 0 Å². The minimum atomic E-state index is -0.0797. The van der Waals surface area contributed by atoms with Crippen molar-refractivity contribution >= 4 is 17.2 Å². The van der Waals surface area contributed by atoms with Crippen molar-refractivity contribution in [3.05, 3.63) is 70.4 Å². The molecule has 0 fully saturated rings. The molecule has 1 heterocycles. The first-order valence-corrected chi connectivity index (χ1v) is 8.07. The van der Waals surface area contributed by atoms with Gasteiger partial charge in [-0.05, 0) is 37.9 Å². The van der Waals surface area contributed by atoms with Gasteiger partial charge in [-0.1, -0.05) is 35.5 Å². The van der Waals surface area contributed by atoms with Crippen LogP contribution < -0.4 is 5.43 Å². The Hall–Kier alpha value is -2.92. The summed E-state index contributed by atoms with van der Waals surface area (Å²) in [5, 5.41) is 4.46. The minimum absolute atomic E-state index is 0.0797. The van der Waals surface area contributed by atoms with Crippen molar-refractivity contribution in [2.45, 2.75) is 0 Å². The van der Waals surface area contributed by atoms with Gasteiger partial charge in [-0.15, -0.1) is 0 Å². The van der Waals surface area contributed by atoms with E-state index >= 15 is 0 Å². The number of rotatable bonds is 6. The lowest BCUT2D eigenvalue weighted by atomic mass is 10.1. The summed E-state index contributed by atoms with van der Waals surface area (Å²) in [4.78, 5) is 19.6. The second kappa shape index (κ2) is 7.77. The van der Waals surface area contributed by atoms with Crippen LogP contribution in [-0.4, -0.2) is 38.4 Å². The normalized spacial score (nSPS) is 11.5. The van der Waals surface area contributed by atoms with E-state index in [4.69, 9.17) is 9.25 Å². The van der Waals surface area contributed by atoms with E-state index in [-0.39, 0.29) is 5.43 Å². The van der Waals surface area contributed by atoms with Gasteiger partial charge in [-0.3, -0.25) is 4.79 Å². The zero-order valence-corrected chi connectivity index (χ0v) is 14.3. The van der Waals surface area contributed by atoms with Crippen molar-refractivity contribution < 1.29 is 9.25 Å². The fourth-order valence-corrected chi connectivity index (χ4v) is 2.37. The topological polar surface area (TPSA) is 55.0 Å². The van der Waals surface area contributed by atoms with Gasteiger partial charge in [0, 0.05) is 18.2 Å². The van der Waals surface area contributed by atoms with Crippen molar-refractivity contribution in [2.24, 2.45) is 5.16 Å². The first-order valence-electron chi connectivity index (χ1n) is 8.07. The molecule has 0 radical (unpaired) electrons. The van der Waals surface area contributed by atoms with Crippen LogP contribution in [0.1, 0.15) is 5.56 Å². The maximum absolute atomic E-state index is 12.4. The van der Waals surface area contributed by atoms with Crippen LogP contribution in [0.15, 0.2) is 69.0 Å². The number of fused-ring (bicyclic) bond motifs is 1. The molecule has 2 aromatic carbocycles. The summed E-state index contributed by atoms with van der Waals surface area (Å²) in [7, 11) is 3.94. The monoisotopic (exact) mass is 336 g/mol. The Labute approximate surface area is 146 Å². The molecular formula is C20H20N2O3. The van der Waals surface area contributed by atoms with E-state index in [1.54, 1.807) is 18.3 Å². The number of hydrogen-bond donors (Lipinski definition) is 0. The number of benzene rings is 2. The Bertz CT molecular complexity index is 931. The largest absolute Gasteiger partial charge is 0.456 e. The number of hydrogen-bond acceptors (Lipinski definition) is 5. The SMILES string of the molecule is CN(C)CCO/N=C\c1ccc2oc(-c3ccccc3)cc(=O)c2c1. The van der Waals surface area contributed by atoms with Gasteiger partial charge >= 0.3 is 0 Å². The fourth-order valence-electron chi connectivity index (χ4n) is 2.37. The second-order valence-corrected chi connectivity index (χ2v) is 5.97. The maximum Gasteiger partial charge on any atom is 0.193 e. The Morgan fingerprint density at radius 3 is 2.68 bits per heavy atom. The summed E-state index contributed by atoms with van der Waals surface area (Å²) >= 11 is 0. The van der Waals surface area contributed by atoms with Crippen LogP contribution in [0, 0.1) is 0 Å². The van der Waals surface area contributed by atoms with E-state index in [0.717, 1.165) is 17.7 Å². The Balaban J connectivity index is 1.83. The summed E-state index contributed by atoms with van der Waals surface area (Å²) in [6.07, 6.45) is 1.60. The average molecular weight is 336 g/mol. The third-order valence-corrected chi connectivity index (χ3v) is 3.72. The maximum atomic E-state index is 12.4. The summed E-state index contributed by atoms with van der Waals surface area (Å²) in [6.45, 7) is 1.31. The van der Waals surface area contributed by atoms with E-state index in [9.17, 15) is 4.79 Å². The first kappa shape index (κ1) is 16.9. The quantitative estimate of drug-likeness (QED) is 0.393. The van der Waals surface area contributed by atoms with Crippen LogP contribution in [0.5, 0.6) is 0 Å². The molecule has 0 N–H and O–H groups in total. The average Bonchev–Trinajstić information content (AvgIpc) is 2.62. The highest BCUT2D eigenvalue weighted by Gasteiger charge is 2.07. The van der Waals surface area contributed by atoms with Crippen molar-refractivity contribution in [1.82, 2.24) is 4.90 Å². The molecule has 3 aromatic rings. The van der Waals surface area contributed by atoms with Crippen LogP contribution in [-0.2, 0) is 4.84 Å². The van der Waals surface area contributed by atoms with Gasteiger partial charge in [-0.25, -0.2) is 0 Å². The van der Waals surface area contributed by atoms with Gasteiger partial charge in [0.05, 0.1) is 11.6 Å². The van der Waals surface area contributed by atoms with E-state index < -0.39 is 0 Å². The molecule has 0 aliphatic carbocycles. The molecule has 0 saturated heterocycles. The predicted octanol–water partition coefficient (Wildman–Crippen LogP) is 3.37. The van der Waals surface area contributed by atoms with Gasteiger partial charge in [0.15, 0.2) is 5.43 Å². The molecule has 25 heavy (non-hydrogen) atoms. The smallest absolute Gasteiger partial charge is 0.193 e. The number of oxime groups is 1. The van der Waals surface area contributed by atoms with Crippen LogP contribution >= 0.6 is 0 Å². The molecular weight excluding hydrogens is 316 g/mol. The van der Waals surface area contributed by atoms with Crippen LogP contribution in [0.25, 0.3) is 22.3 Å². The molecule has 0 amide bonds. The molecule has 0 spiro atoms. The van der Waals surface area contributed by atoms with E-state index in [1.165, 1.54) is 6.07 Å². The summed E-state index contributed by atoms with van der Waals surface area (Å²) in [5.41, 5.74) is 2.14. The zero-order valence-electron chi connectivity index (χ0n) is 14.3. The van der Waals surface area contributed by atoms with E-state index in [0.29, 0.717) is 23.3 Å². The van der Waals surface area contributed by atoms with E-state index in [2.05, 4.69) is 5.16 Å². The van der Waals surface area contributed by atoms with Crippen molar-refractivity contribution in [3.8, 4) is 11.3 Å². The lowest BCUT2D eigenvalue weighted by Crippen LogP contribution is -2.16. The first-order chi connectivity index (χ1) is 12.1. The van der Waals surface area contributed by atoms with Gasteiger partial charge in [0.2, 0.25) is 0 Å². The lowest BCUT2D eigenvalue weighted by molar-refractivity contribution is 0.127. The van der Waals surface area contributed by atoms with Gasteiger partial charge in [0.25, 0.3) is 0 Å². The van der Waals surface area contributed by atoms with Gasteiger partial charge in [-0.2, -0.15) is 0 Å². The highest BCUT2D eigenvalue weighted by atomic mass is 16.6. The fraction of sp³-hybridized carbons (Fsp3) is 0.200. The summed E-state index contributed by atoms with van der Waals surface area (Å²) in [5.74, 6) is 0.562. The molecule has 0 bridgehead atoms. The van der Waals surface area contributed by atoms with Gasteiger partial charge < -0.3 is 14.2 Å². The Kier molecular flexibility index (Phi) is 5.26. The number of nitrogens with zero attached hydrogens (tertiary/aromatic N) is 2. The number of likely N-dealkylation sites (N-methyl/N-ethyl adjacent to an activating group) is 1. The van der Waals surface area contributed by atoms with Gasteiger partial charge in [0.1, 0.15) is 18.0 Å². The van der Waals surface area contributed by atoms with Crippen molar-refractivity contribution in [3.63, 3.8) is 0 Å². The third kappa shape index (κ3) is 4.33. The molecule has 0 saturated carbocycles. The third-order valence-electron chi connectivity index (χ3n) is 3.72. The lowest BCUT2D eigenvalue weighted by Gasteiger charge is -2.07. The molecule has 0 unspecified atom stereocenters. The molecule has 0 aliphatic heterocycles. The molecule has 1 aromatic heterocycles. The standard InChI is InChI=1S/C20H20N2O3/c1-22(2)10-11-24-21-14-15-8-9-19-17(12-15)18(23)13-20(25-19)16-6-4-3-5-7-16/h3-9,12-14H,10-11H2,1-2H3/b21-14-. The van der Waals surface area contributed by atoms with Crippen molar-refractivity contribution in [1.29, 1.82) is 0 Å². The van der Waals surface area contributed by atoms with Crippen molar-refractivity contribution in [2.75, 3.05) is 27.2 Å². The Morgan fingerprint density at radius 1 is 1.12 bits per heavy atom. The summed E-state index contributed by atoms with van der Waals surface area (Å²) in [6, 6.07) is 16.5.